The molecule has 1 aliphatic rings. The lowest BCUT2D eigenvalue weighted by Gasteiger charge is -2.42. The summed E-state index contributed by atoms with van der Waals surface area (Å²) in [6, 6.07) is 7.00. The molecular formula is C17H26N2O4S. The molecule has 1 saturated carbocycles. The van der Waals surface area contributed by atoms with E-state index in [0.29, 0.717) is 19.4 Å². The van der Waals surface area contributed by atoms with E-state index < -0.39 is 16.0 Å². The number of likely N-dealkylation sites (N-methyl/N-ethyl adjacent to an activating group) is 1. The second kappa shape index (κ2) is 8.09. The van der Waals surface area contributed by atoms with Gasteiger partial charge in [-0.05, 0) is 43.5 Å². The van der Waals surface area contributed by atoms with E-state index in [1.54, 1.807) is 12.1 Å². The number of hydrogen-bond acceptors (Lipinski definition) is 4. The van der Waals surface area contributed by atoms with Gasteiger partial charge in [0.2, 0.25) is 10.0 Å². The summed E-state index contributed by atoms with van der Waals surface area (Å²) >= 11 is 0. The van der Waals surface area contributed by atoms with Crippen LogP contribution in [-0.4, -0.2) is 49.6 Å². The van der Waals surface area contributed by atoms with Gasteiger partial charge in [-0.25, -0.2) is 13.1 Å². The van der Waals surface area contributed by atoms with E-state index in [1.807, 2.05) is 24.0 Å². The number of benzene rings is 1. The van der Waals surface area contributed by atoms with Crippen molar-refractivity contribution in [1.82, 2.24) is 9.62 Å². The van der Waals surface area contributed by atoms with Gasteiger partial charge in [0.15, 0.2) is 0 Å². The molecule has 24 heavy (non-hydrogen) atoms. The zero-order chi connectivity index (χ0) is 17.7. The molecule has 134 valence electrons. The van der Waals surface area contributed by atoms with E-state index >= 15 is 0 Å². The van der Waals surface area contributed by atoms with Crippen LogP contribution in [0.15, 0.2) is 29.2 Å². The van der Waals surface area contributed by atoms with Gasteiger partial charge in [0.1, 0.15) is 0 Å². The highest BCUT2D eigenvalue weighted by atomic mass is 32.2. The van der Waals surface area contributed by atoms with Crippen molar-refractivity contribution in [2.45, 2.75) is 56.5 Å². The van der Waals surface area contributed by atoms with Gasteiger partial charge in [0, 0.05) is 12.1 Å². The Bertz CT molecular complexity index is 652. The van der Waals surface area contributed by atoms with Gasteiger partial charge in [-0.3, -0.25) is 9.69 Å². The van der Waals surface area contributed by atoms with E-state index in [-0.39, 0.29) is 23.5 Å². The Kier molecular flexibility index (Phi) is 6.37. The number of aliphatic carboxylic acids is 1. The second-order valence-corrected chi connectivity index (χ2v) is 8.01. The highest BCUT2D eigenvalue weighted by Crippen LogP contribution is 2.27. The van der Waals surface area contributed by atoms with Crippen LogP contribution in [0.1, 0.15) is 38.7 Å². The average molecular weight is 354 g/mol. The van der Waals surface area contributed by atoms with Crippen molar-refractivity contribution >= 4 is 16.0 Å². The van der Waals surface area contributed by atoms with Crippen LogP contribution in [0.5, 0.6) is 0 Å². The van der Waals surface area contributed by atoms with Crippen molar-refractivity contribution in [3.05, 3.63) is 29.8 Å². The standard InChI is InChI=1S/C17H26N2O4S/c1-3-5-13-6-8-16(9-7-13)24(22,23)18-14-10-15(11-14)19(4-2)12-17(20)21/h6-9,14-15,18H,3-5,10-12H2,1-2H3,(H,20,21). The van der Waals surface area contributed by atoms with Gasteiger partial charge in [-0.1, -0.05) is 32.4 Å². The van der Waals surface area contributed by atoms with Crippen LogP contribution >= 0.6 is 0 Å². The average Bonchev–Trinajstić information content (AvgIpc) is 2.49. The molecule has 0 radical (unpaired) electrons. The van der Waals surface area contributed by atoms with Gasteiger partial charge in [0.05, 0.1) is 11.4 Å². The number of hydrogen-bond donors (Lipinski definition) is 2. The molecule has 0 bridgehead atoms. The van der Waals surface area contributed by atoms with Gasteiger partial charge in [-0.2, -0.15) is 0 Å². The third-order valence-electron chi connectivity index (χ3n) is 4.47. The van der Waals surface area contributed by atoms with E-state index in [0.717, 1.165) is 18.4 Å². The third-order valence-corrected chi connectivity index (χ3v) is 6.00. The van der Waals surface area contributed by atoms with Crippen molar-refractivity contribution in [2.75, 3.05) is 13.1 Å². The normalized spacial score (nSPS) is 20.8. The number of sulfonamides is 1. The molecule has 0 unspecified atom stereocenters. The lowest BCUT2D eigenvalue weighted by atomic mass is 9.86. The fourth-order valence-electron chi connectivity index (χ4n) is 3.07. The number of nitrogens with one attached hydrogen (secondary N) is 1. The lowest BCUT2D eigenvalue weighted by Crippen LogP contribution is -2.54. The molecule has 1 aliphatic carbocycles. The van der Waals surface area contributed by atoms with Crippen LogP contribution in [0.3, 0.4) is 0 Å². The van der Waals surface area contributed by atoms with Crippen molar-refractivity contribution in [1.29, 1.82) is 0 Å². The monoisotopic (exact) mass is 354 g/mol. The Morgan fingerprint density at radius 1 is 1.25 bits per heavy atom. The zero-order valence-corrected chi connectivity index (χ0v) is 15.1. The topological polar surface area (TPSA) is 86.7 Å². The van der Waals surface area contributed by atoms with Crippen molar-refractivity contribution < 1.29 is 18.3 Å². The zero-order valence-electron chi connectivity index (χ0n) is 14.2. The van der Waals surface area contributed by atoms with Crippen LogP contribution in [-0.2, 0) is 21.2 Å². The van der Waals surface area contributed by atoms with E-state index in [9.17, 15) is 13.2 Å². The van der Waals surface area contributed by atoms with Crippen LogP contribution in [0, 0.1) is 0 Å². The van der Waals surface area contributed by atoms with Crippen LogP contribution in [0.4, 0.5) is 0 Å². The molecule has 0 aliphatic heterocycles. The molecule has 0 spiro atoms. The fourth-order valence-corrected chi connectivity index (χ4v) is 4.33. The fraction of sp³-hybridized carbons (Fsp3) is 0.588. The minimum absolute atomic E-state index is 0.000469. The highest BCUT2D eigenvalue weighted by molar-refractivity contribution is 7.89. The van der Waals surface area contributed by atoms with Crippen molar-refractivity contribution in [2.24, 2.45) is 0 Å². The van der Waals surface area contributed by atoms with Gasteiger partial charge in [0.25, 0.3) is 0 Å². The molecular weight excluding hydrogens is 328 g/mol. The summed E-state index contributed by atoms with van der Waals surface area (Å²) in [6.45, 7) is 4.65. The van der Waals surface area contributed by atoms with Crippen LogP contribution in [0.2, 0.25) is 0 Å². The number of rotatable bonds is 9. The largest absolute Gasteiger partial charge is 0.480 e. The van der Waals surface area contributed by atoms with E-state index in [2.05, 4.69) is 11.6 Å². The molecule has 1 aromatic carbocycles. The molecule has 1 fully saturated rings. The summed E-state index contributed by atoms with van der Waals surface area (Å²) in [5, 5.41) is 8.89. The predicted molar refractivity (Wildman–Crippen MR) is 92.5 cm³/mol. The Balaban J connectivity index is 1.91. The Hall–Kier alpha value is -1.44. The number of aryl methyl sites for hydroxylation is 1. The molecule has 0 amide bonds. The van der Waals surface area contributed by atoms with Gasteiger partial charge < -0.3 is 5.11 Å². The van der Waals surface area contributed by atoms with Crippen molar-refractivity contribution in [3.63, 3.8) is 0 Å². The summed E-state index contributed by atoms with van der Waals surface area (Å²) in [4.78, 5) is 13.0. The third kappa shape index (κ3) is 4.78. The molecule has 7 heteroatoms. The first-order chi connectivity index (χ1) is 11.4. The molecule has 0 aromatic heterocycles. The molecule has 0 saturated heterocycles. The molecule has 2 rings (SSSR count). The molecule has 2 N–H and O–H groups in total. The summed E-state index contributed by atoms with van der Waals surface area (Å²) in [5.74, 6) is -0.854. The van der Waals surface area contributed by atoms with Gasteiger partial charge in [-0.15, -0.1) is 0 Å². The Morgan fingerprint density at radius 2 is 1.88 bits per heavy atom. The SMILES string of the molecule is CCCc1ccc(S(=O)(=O)NC2CC(N(CC)CC(=O)O)C2)cc1. The maximum absolute atomic E-state index is 12.4. The first kappa shape index (κ1) is 18.9. The van der Waals surface area contributed by atoms with E-state index in [1.165, 1.54) is 0 Å². The first-order valence-electron chi connectivity index (χ1n) is 8.42. The summed E-state index contributed by atoms with van der Waals surface area (Å²) < 4.78 is 27.5. The van der Waals surface area contributed by atoms with Crippen molar-refractivity contribution in [3.8, 4) is 0 Å². The smallest absolute Gasteiger partial charge is 0.317 e. The number of carboxylic acids is 1. The lowest BCUT2D eigenvalue weighted by molar-refractivity contribution is -0.139. The second-order valence-electron chi connectivity index (χ2n) is 6.29. The number of carbonyl (C=O) groups is 1. The number of nitrogens with zero attached hydrogens (tertiary/aromatic N) is 1. The summed E-state index contributed by atoms with van der Waals surface area (Å²) in [7, 11) is -3.52. The summed E-state index contributed by atoms with van der Waals surface area (Å²) in [5.41, 5.74) is 1.13. The van der Waals surface area contributed by atoms with Gasteiger partial charge >= 0.3 is 5.97 Å². The Labute approximate surface area is 143 Å². The minimum atomic E-state index is -3.52. The molecule has 1 aromatic rings. The maximum Gasteiger partial charge on any atom is 0.317 e. The molecule has 0 atom stereocenters. The minimum Gasteiger partial charge on any atom is -0.480 e. The van der Waals surface area contributed by atoms with Crippen LogP contribution < -0.4 is 4.72 Å². The Morgan fingerprint density at radius 3 is 2.38 bits per heavy atom. The number of carboxylic acid groups (broad SMARTS) is 1. The quantitative estimate of drug-likeness (QED) is 0.707. The maximum atomic E-state index is 12.4. The highest BCUT2D eigenvalue weighted by Gasteiger charge is 2.36. The summed E-state index contributed by atoms with van der Waals surface area (Å²) in [6.07, 6.45) is 3.26. The predicted octanol–water partition coefficient (Wildman–Crippen LogP) is 1.85. The van der Waals surface area contributed by atoms with E-state index in [4.69, 9.17) is 5.11 Å². The van der Waals surface area contributed by atoms with Crippen LogP contribution in [0.25, 0.3) is 0 Å². The molecule has 0 heterocycles. The first-order valence-corrected chi connectivity index (χ1v) is 9.91. The molecule has 6 nitrogen and oxygen atoms in total.